The van der Waals surface area contributed by atoms with Crippen molar-refractivity contribution in [3.05, 3.63) is 76.4 Å². The number of thiophene rings is 1. The molecule has 1 amide bonds. The normalized spacial score (nSPS) is 12.7. The van der Waals surface area contributed by atoms with E-state index in [9.17, 15) is 13.2 Å². The van der Waals surface area contributed by atoms with Crippen molar-refractivity contribution in [1.29, 1.82) is 0 Å². The van der Waals surface area contributed by atoms with Crippen LogP contribution < -0.4 is 5.32 Å². The molecule has 0 fully saturated rings. The van der Waals surface area contributed by atoms with Crippen LogP contribution in [0.15, 0.2) is 68.8 Å². The predicted octanol–water partition coefficient (Wildman–Crippen LogP) is 3.68. The first-order valence-electron chi connectivity index (χ1n) is 8.12. The summed E-state index contributed by atoms with van der Waals surface area (Å²) in [5.41, 5.74) is 1.50. The number of carbonyl (C=O) groups is 1. The summed E-state index contributed by atoms with van der Waals surface area (Å²) in [6.07, 6.45) is 2.04. The monoisotopic (exact) mass is 389 g/mol. The van der Waals surface area contributed by atoms with Crippen molar-refractivity contribution in [1.82, 2.24) is 5.32 Å². The van der Waals surface area contributed by atoms with Gasteiger partial charge >= 0.3 is 0 Å². The summed E-state index contributed by atoms with van der Waals surface area (Å²) in [7, 11) is -3.55. The molecule has 136 valence electrons. The Balaban J connectivity index is 1.71. The molecule has 3 aromatic rings. The molecule has 2 heterocycles. The van der Waals surface area contributed by atoms with Crippen molar-refractivity contribution in [2.75, 3.05) is 0 Å². The molecule has 0 saturated carbocycles. The van der Waals surface area contributed by atoms with Gasteiger partial charge in [-0.1, -0.05) is 18.2 Å². The summed E-state index contributed by atoms with van der Waals surface area (Å²) >= 11 is 1.61. The molecular weight excluding hydrogens is 370 g/mol. The molecule has 2 aromatic heterocycles. The average Bonchev–Trinajstić information content (AvgIpc) is 3.27. The van der Waals surface area contributed by atoms with Gasteiger partial charge in [-0.05, 0) is 53.9 Å². The molecule has 0 aliphatic carbocycles. The Hall–Kier alpha value is -2.38. The molecule has 1 atom stereocenters. The van der Waals surface area contributed by atoms with Crippen LogP contribution in [0.5, 0.6) is 0 Å². The average molecular weight is 389 g/mol. The summed E-state index contributed by atoms with van der Waals surface area (Å²) in [6.45, 7) is 1.90. The lowest BCUT2D eigenvalue weighted by molar-refractivity contribution is 0.0911. The second-order valence-electron chi connectivity index (χ2n) is 6.06. The van der Waals surface area contributed by atoms with Gasteiger partial charge in [-0.2, -0.15) is 11.3 Å². The first kappa shape index (κ1) is 18.4. The van der Waals surface area contributed by atoms with Gasteiger partial charge in [0.15, 0.2) is 15.6 Å². The molecule has 7 heteroatoms. The van der Waals surface area contributed by atoms with Crippen LogP contribution in [-0.4, -0.2) is 20.4 Å². The quantitative estimate of drug-likeness (QED) is 0.669. The largest absolute Gasteiger partial charge is 0.459 e. The van der Waals surface area contributed by atoms with E-state index in [2.05, 4.69) is 5.32 Å². The molecule has 0 bridgehead atoms. The van der Waals surface area contributed by atoms with Crippen molar-refractivity contribution in [3.8, 4) is 0 Å². The maximum atomic E-state index is 12.5. The number of carbonyl (C=O) groups excluding carboxylic acids is 1. The molecule has 0 spiro atoms. The molecule has 0 radical (unpaired) electrons. The second-order valence-corrected chi connectivity index (χ2v) is 8.83. The van der Waals surface area contributed by atoms with Crippen molar-refractivity contribution < 1.29 is 17.6 Å². The second kappa shape index (κ2) is 7.88. The first-order chi connectivity index (χ1) is 12.5. The number of furan rings is 1. The zero-order chi connectivity index (χ0) is 18.6. The molecule has 1 unspecified atom stereocenters. The van der Waals surface area contributed by atoms with E-state index >= 15 is 0 Å². The van der Waals surface area contributed by atoms with Crippen LogP contribution in [0.1, 0.15) is 28.6 Å². The van der Waals surface area contributed by atoms with Gasteiger partial charge in [-0.25, -0.2) is 8.42 Å². The van der Waals surface area contributed by atoms with Crippen LogP contribution in [-0.2, 0) is 22.0 Å². The van der Waals surface area contributed by atoms with E-state index in [0.717, 1.165) is 5.56 Å². The van der Waals surface area contributed by atoms with Gasteiger partial charge < -0.3 is 9.73 Å². The Bertz CT molecular complexity index is 960. The third-order valence-electron chi connectivity index (χ3n) is 3.90. The number of benzene rings is 1. The fourth-order valence-electron chi connectivity index (χ4n) is 2.67. The van der Waals surface area contributed by atoms with E-state index in [1.54, 1.807) is 29.5 Å². The zero-order valence-electron chi connectivity index (χ0n) is 14.2. The Kier molecular flexibility index (Phi) is 5.58. The topological polar surface area (TPSA) is 76.4 Å². The highest BCUT2D eigenvalue weighted by atomic mass is 32.2. The first-order valence-corrected chi connectivity index (χ1v) is 10.7. The van der Waals surface area contributed by atoms with Gasteiger partial charge in [-0.15, -0.1) is 0 Å². The van der Waals surface area contributed by atoms with Gasteiger partial charge in [0.1, 0.15) is 0 Å². The smallest absolute Gasteiger partial charge is 0.287 e. The van der Waals surface area contributed by atoms with Crippen molar-refractivity contribution in [2.45, 2.75) is 30.0 Å². The summed E-state index contributed by atoms with van der Waals surface area (Å²) in [5, 5.41) is 6.89. The molecule has 1 N–H and O–H groups in total. The van der Waals surface area contributed by atoms with Gasteiger partial charge in [0.2, 0.25) is 0 Å². The van der Waals surface area contributed by atoms with Crippen LogP contribution in [0.4, 0.5) is 0 Å². The molecule has 1 aromatic carbocycles. The van der Waals surface area contributed by atoms with E-state index in [1.807, 2.05) is 23.8 Å². The fraction of sp³-hybridized carbons (Fsp3) is 0.211. The molecule has 0 aliphatic rings. The van der Waals surface area contributed by atoms with Crippen LogP contribution in [0.3, 0.4) is 0 Å². The van der Waals surface area contributed by atoms with Crippen LogP contribution in [0, 0.1) is 0 Å². The van der Waals surface area contributed by atoms with Crippen LogP contribution >= 0.6 is 11.3 Å². The Morgan fingerprint density at radius 2 is 1.96 bits per heavy atom. The van der Waals surface area contributed by atoms with Crippen molar-refractivity contribution in [3.63, 3.8) is 0 Å². The lowest BCUT2D eigenvalue weighted by Crippen LogP contribution is -2.34. The minimum Gasteiger partial charge on any atom is -0.459 e. The van der Waals surface area contributed by atoms with Crippen molar-refractivity contribution >= 4 is 27.1 Å². The minimum atomic E-state index is -3.55. The third-order valence-corrected chi connectivity index (χ3v) is 6.31. The lowest BCUT2D eigenvalue weighted by atomic mass is 10.1. The number of sulfone groups is 1. The molecule has 5 nitrogen and oxygen atoms in total. The highest BCUT2D eigenvalue weighted by molar-refractivity contribution is 7.90. The van der Waals surface area contributed by atoms with E-state index in [4.69, 9.17) is 4.42 Å². The Morgan fingerprint density at radius 3 is 2.65 bits per heavy atom. The number of rotatable bonds is 7. The summed E-state index contributed by atoms with van der Waals surface area (Å²) in [4.78, 5) is 12.7. The maximum Gasteiger partial charge on any atom is 0.287 e. The van der Waals surface area contributed by atoms with Crippen LogP contribution in [0.2, 0.25) is 0 Å². The summed E-state index contributed by atoms with van der Waals surface area (Å²) in [5.74, 6) is -0.646. The van der Waals surface area contributed by atoms with E-state index in [1.165, 1.54) is 24.5 Å². The Labute approximate surface area is 156 Å². The van der Waals surface area contributed by atoms with Crippen molar-refractivity contribution in [2.24, 2.45) is 0 Å². The van der Waals surface area contributed by atoms with E-state index in [0.29, 0.717) is 12.0 Å². The molecule has 0 aliphatic heterocycles. The predicted molar refractivity (Wildman–Crippen MR) is 101 cm³/mol. The van der Waals surface area contributed by atoms with Gasteiger partial charge in [0.05, 0.1) is 16.9 Å². The minimum absolute atomic E-state index is 0.0432. The zero-order valence-corrected chi connectivity index (χ0v) is 15.8. The van der Waals surface area contributed by atoms with Gasteiger partial charge in [0.25, 0.3) is 5.91 Å². The number of nitrogens with one attached hydrogen (secondary N) is 1. The standard InChI is InChI=1S/C19H19NO4S2/c1-14(11-15-8-10-25-12-15)20-19(21)18-16(7-9-24-18)13-26(22,23)17-5-3-2-4-6-17/h2-10,12,14H,11,13H2,1H3,(H,20,21). The number of amides is 1. The lowest BCUT2D eigenvalue weighted by Gasteiger charge is -2.13. The molecular formula is C19H19NO4S2. The van der Waals surface area contributed by atoms with E-state index < -0.39 is 15.7 Å². The van der Waals surface area contributed by atoms with Crippen LogP contribution in [0.25, 0.3) is 0 Å². The van der Waals surface area contributed by atoms with Gasteiger partial charge in [-0.3, -0.25) is 4.79 Å². The number of hydrogen-bond acceptors (Lipinski definition) is 5. The SMILES string of the molecule is CC(Cc1ccsc1)NC(=O)c1occc1CS(=O)(=O)c1ccccc1. The summed E-state index contributed by atoms with van der Waals surface area (Å²) in [6, 6.07) is 11.6. The van der Waals surface area contributed by atoms with E-state index in [-0.39, 0.29) is 22.5 Å². The number of hydrogen-bond donors (Lipinski definition) is 1. The highest BCUT2D eigenvalue weighted by Gasteiger charge is 2.23. The molecule has 3 rings (SSSR count). The highest BCUT2D eigenvalue weighted by Crippen LogP contribution is 2.20. The fourth-order valence-corrected chi connectivity index (χ4v) is 4.72. The maximum absolute atomic E-state index is 12.5. The summed E-state index contributed by atoms with van der Waals surface area (Å²) < 4.78 is 30.3. The molecule has 26 heavy (non-hydrogen) atoms. The van der Waals surface area contributed by atoms with Gasteiger partial charge in [0, 0.05) is 11.6 Å². The molecule has 0 saturated heterocycles. The Morgan fingerprint density at radius 1 is 1.19 bits per heavy atom. The third kappa shape index (κ3) is 4.42.